The van der Waals surface area contributed by atoms with Crippen LogP contribution >= 0.6 is 0 Å². The second-order valence-corrected chi connectivity index (χ2v) is 16.0. The predicted molar refractivity (Wildman–Crippen MR) is 278 cm³/mol. The van der Waals surface area contributed by atoms with Crippen LogP contribution < -0.4 is 0 Å². The molecule has 0 aliphatic carbocycles. The third-order valence-corrected chi connectivity index (χ3v) is 10.5. The van der Waals surface area contributed by atoms with Gasteiger partial charge in [0.05, 0.1) is 22.3 Å². The Hall–Kier alpha value is -12.2. The van der Waals surface area contributed by atoms with E-state index in [0.29, 0.717) is 44.5 Å². The van der Waals surface area contributed by atoms with Crippen molar-refractivity contribution in [2.75, 3.05) is 0 Å². The first-order chi connectivity index (χ1) is 36.8. The average Bonchev–Trinajstić information content (AvgIpc) is 3.43. The summed E-state index contributed by atoms with van der Waals surface area (Å²) in [6, 6.07) is 38.3. The Balaban J connectivity index is 1.06. The molecule has 352 valence electrons. The third-order valence-electron chi connectivity index (χ3n) is 10.5. The van der Waals surface area contributed by atoms with E-state index in [1.807, 2.05) is 0 Å². The van der Waals surface area contributed by atoms with Gasteiger partial charge in [-0.25, -0.2) is 39.1 Å². The van der Waals surface area contributed by atoms with E-state index in [2.05, 4.69) is 115 Å². The van der Waals surface area contributed by atoms with E-state index in [-0.39, 0.29) is 67.8 Å². The zero-order valence-electron chi connectivity index (χ0n) is 39.1. The van der Waals surface area contributed by atoms with Gasteiger partial charge >= 0.3 is 23.9 Å². The fourth-order valence-electron chi connectivity index (χ4n) is 6.77. The predicted octanol–water partition coefficient (Wildman–Crippen LogP) is 7.57. The monoisotopic (exact) mass is 980 g/mol. The van der Waals surface area contributed by atoms with E-state index in [9.17, 15) is 39.6 Å². The highest BCUT2D eigenvalue weighted by atomic mass is 16.4. The van der Waals surface area contributed by atoms with Gasteiger partial charge in [-0.15, -0.1) is 0 Å². The molecule has 0 fully saturated rings. The second kappa shape index (κ2) is 22.3. The van der Waals surface area contributed by atoms with E-state index in [1.165, 1.54) is 48.5 Å². The van der Waals surface area contributed by atoms with Crippen LogP contribution in [0, 0.1) is 94.7 Å². The highest BCUT2D eigenvalue weighted by molar-refractivity contribution is 5.90. The minimum atomic E-state index is -1.18. The molecule has 12 heteroatoms. The van der Waals surface area contributed by atoms with Crippen molar-refractivity contribution in [3.8, 4) is 94.7 Å². The van der Waals surface area contributed by atoms with Crippen LogP contribution in [0.1, 0.15) is 131 Å². The van der Waals surface area contributed by atoms with E-state index >= 15 is 0 Å². The number of carboxylic acid groups (broad SMARTS) is 4. The third kappa shape index (κ3) is 13.2. The minimum absolute atomic E-state index is 0.0506. The maximum absolute atomic E-state index is 12.0. The van der Waals surface area contributed by atoms with Crippen molar-refractivity contribution in [1.29, 1.82) is 0 Å². The molecular formula is C64H28N4O8. The molecule has 7 aliphatic heterocycles. The number of aromatic carboxylic acids is 4. The minimum Gasteiger partial charge on any atom is -0.478 e. The molecule has 7 aliphatic rings. The fraction of sp³-hybridized carbons (Fsp3) is 0. The van der Waals surface area contributed by atoms with Crippen LogP contribution in [0.5, 0.6) is 0 Å². The van der Waals surface area contributed by atoms with E-state index in [1.54, 1.807) is 97.1 Å². The molecule has 0 spiro atoms. The van der Waals surface area contributed by atoms with Gasteiger partial charge < -0.3 is 20.4 Å². The molecule has 15 rings (SSSR count). The van der Waals surface area contributed by atoms with Gasteiger partial charge in [0.15, 0.2) is 0 Å². The van der Waals surface area contributed by atoms with Crippen molar-refractivity contribution in [1.82, 2.24) is 19.9 Å². The molecule has 4 N–H and O–H groups in total. The molecule has 0 atom stereocenters. The van der Waals surface area contributed by atoms with Crippen LogP contribution in [0.4, 0.5) is 0 Å². The molecule has 0 radical (unpaired) electrons. The number of nitrogens with zero attached hydrogens (tertiary/aromatic N) is 4. The van der Waals surface area contributed by atoms with E-state index < -0.39 is 23.9 Å². The summed E-state index contributed by atoms with van der Waals surface area (Å²) in [7, 11) is 0. The van der Waals surface area contributed by atoms with E-state index in [4.69, 9.17) is 0 Å². The molecule has 0 saturated carbocycles. The summed E-state index contributed by atoms with van der Waals surface area (Å²) in [5, 5.41) is 39.3. The standard InChI is InChI=1S/C64H28N4O8/c69-61(70)49-33-53-25-17-41-1-2-42(4-3-41)18-26-54-34-50(62(71)72)36-56(66-54)28-20-44-9-11-46(12-10-44)22-30-58-38-52(64(75)76)40-60(68-58)32-24-48-15-13-47(14-16-48)23-31-59-39-51(63(73)74)37-57(67-59)29-21-45-7-5-43(6-8-45)19-27-55(35-49)65-53/h1-16,33-40H,(H,69,70)(H,71,72)(H,73,74)(H,75,76). The average molecular weight is 981 g/mol. The van der Waals surface area contributed by atoms with Crippen molar-refractivity contribution in [3.05, 3.63) is 258 Å². The van der Waals surface area contributed by atoms with Crippen LogP contribution in [0.2, 0.25) is 0 Å². The number of carbonyl (C=O) groups is 4. The molecule has 11 heterocycles. The zero-order valence-corrected chi connectivity index (χ0v) is 39.1. The number of rotatable bonds is 4. The number of aromatic nitrogens is 4. The lowest BCUT2D eigenvalue weighted by Gasteiger charge is -1.99. The van der Waals surface area contributed by atoms with Crippen LogP contribution in [0.15, 0.2) is 146 Å². The van der Waals surface area contributed by atoms with Crippen LogP contribution in [0.3, 0.4) is 0 Å². The number of benzene rings is 4. The van der Waals surface area contributed by atoms with Gasteiger partial charge in [-0.1, -0.05) is 47.4 Å². The molecule has 0 unspecified atom stereocenters. The molecule has 4 aromatic heterocycles. The number of hydrogen-bond donors (Lipinski definition) is 4. The maximum atomic E-state index is 12.0. The van der Waals surface area contributed by atoms with Gasteiger partial charge in [0.2, 0.25) is 0 Å². The summed E-state index contributed by atoms with van der Waals surface area (Å²) < 4.78 is 0. The molecule has 0 amide bonds. The van der Waals surface area contributed by atoms with Crippen LogP contribution in [-0.4, -0.2) is 64.2 Å². The highest BCUT2D eigenvalue weighted by Crippen LogP contribution is 2.13. The molecule has 4 aromatic carbocycles. The van der Waals surface area contributed by atoms with Crippen molar-refractivity contribution in [3.63, 3.8) is 0 Å². The van der Waals surface area contributed by atoms with E-state index in [0.717, 1.165) is 0 Å². The van der Waals surface area contributed by atoms with Gasteiger partial charge in [-0.2, -0.15) is 0 Å². The maximum Gasteiger partial charge on any atom is 0.335 e. The lowest BCUT2D eigenvalue weighted by molar-refractivity contribution is 0.0686. The van der Waals surface area contributed by atoms with Crippen molar-refractivity contribution in [2.24, 2.45) is 0 Å². The Labute approximate surface area is 434 Å². The summed E-state index contributed by atoms with van der Waals surface area (Å²) in [5.74, 6) is 42.5. The first kappa shape index (κ1) is 48.8. The smallest absolute Gasteiger partial charge is 0.335 e. The SMILES string of the molecule is O=C(O)c1cc2nc(c1)C#Cc1ccc(cc1)C#Cc1cc(C(=O)O)cc(n1)C#Cc1ccc(cc1)C#Cc1cc(C(=O)O)cc(n1)C#Cc1ccc(cc1)C#Cc1cc(C(=O)O)cc(n1)C#Cc1ccc(cc1)C#C2. The second-order valence-electron chi connectivity index (χ2n) is 16.0. The van der Waals surface area contributed by atoms with Crippen molar-refractivity contribution < 1.29 is 39.6 Å². The molecule has 8 aromatic rings. The molecule has 16 bridgehead atoms. The summed E-state index contributed by atoms with van der Waals surface area (Å²) in [4.78, 5) is 66.0. The largest absolute Gasteiger partial charge is 0.478 e. The first-order valence-corrected chi connectivity index (χ1v) is 22.4. The van der Waals surface area contributed by atoms with Gasteiger partial charge in [-0.05, 0) is 193 Å². The summed E-state index contributed by atoms with van der Waals surface area (Å²) in [6.45, 7) is 0. The normalized spacial score (nSPS) is 10.5. The topological polar surface area (TPSA) is 201 Å². The summed E-state index contributed by atoms with van der Waals surface area (Å²) in [6.07, 6.45) is 0. The van der Waals surface area contributed by atoms with Crippen molar-refractivity contribution >= 4 is 23.9 Å². The van der Waals surface area contributed by atoms with Crippen LogP contribution in [0.25, 0.3) is 0 Å². The van der Waals surface area contributed by atoms with Gasteiger partial charge in [0.1, 0.15) is 45.6 Å². The van der Waals surface area contributed by atoms with Crippen LogP contribution in [-0.2, 0) is 0 Å². The fourth-order valence-corrected chi connectivity index (χ4v) is 6.77. The Morgan fingerprint density at radius 3 is 0.447 bits per heavy atom. The lowest BCUT2D eigenvalue weighted by atomic mass is 10.1. The van der Waals surface area contributed by atoms with Gasteiger partial charge in [-0.3, -0.25) is 0 Å². The quantitative estimate of drug-likeness (QED) is 0.126. The lowest BCUT2D eigenvalue weighted by Crippen LogP contribution is -2.00. The summed E-state index contributed by atoms with van der Waals surface area (Å²) >= 11 is 0. The Morgan fingerprint density at radius 2 is 0.342 bits per heavy atom. The van der Waals surface area contributed by atoms with Gasteiger partial charge in [0.25, 0.3) is 0 Å². The number of hydrogen-bond acceptors (Lipinski definition) is 8. The Kier molecular flexibility index (Phi) is 14.3. The van der Waals surface area contributed by atoms with Gasteiger partial charge in [0, 0.05) is 44.5 Å². The number of pyridine rings is 4. The molecule has 0 saturated heterocycles. The van der Waals surface area contributed by atoms with Crippen molar-refractivity contribution in [2.45, 2.75) is 0 Å². The summed E-state index contributed by atoms with van der Waals surface area (Å²) in [5.41, 5.74) is 5.92. The highest BCUT2D eigenvalue weighted by Gasteiger charge is 2.11. The first-order valence-electron chi connectivity index (χ1n) is 22.4. The molecule has 12 nitrogen and oxygen atoms in total. The number of carboxylic acids is 4. The zero-order chi connectivity index (χ0) is 53.0. The molecular weight excluding hydrogens is 953 g/mol. The molecule has 76 heavy (non-hydrogen) atoms. The Bertz CT molecular complexity index is 3510. The Morgan fingerprint density at radius 1 is 0.224 bits per heavy atom.